The fourth-order valence-electron chi connectivity index (χ4n) is 1.67. The molecule has 0 aliphatic rings. The van der Waals surface area contributed by atoms with Crippen LogP contribution in [0.3, 0.4) is 0 Å². The molecule has 0 saturated heterocycles. The van der Waals surface area contributed by atoms with Crippen molar-refractivity contribution in [1.29, 1.82) is 0 Å². The average molecular weight is 334 g/mol. The average Bonchev–Trinajstić information content (AvgIpc) is 2.42. The van der Waals surface area contributed by atoms with Crippen molar-refractivity contribution in [2.75, 3.05) is 29.6 Å². The molecule has 0 atom stereocenters. The monoisotopic (exact) mass is 333 g/mol. The summed E-state index contributed by atoms with van der Waals surface area (Å²) in [6.07, 6.45) is 0. The van der Waals surface area contributed by atoms with Gasteiger partial charge in [-0.2, -0.15) is 0 Å². The quantitative estimate of drug-likeness (QED) is 0.885. The van der Waals surface area contributed by atoms with Crippen LogP contribution in [0.2, 0.25) is 0 Å². The van der Waals surface area contributed by atoms with Gasteiger partial charge in [0.1, 0.15) is 0 Å². The minimum Gasteiger partial charge on any atom is -0.378 e. The van der Waals surface area contributed by atoms with Gasteiger partial charge >= 0.3 is 6.03 Å². The van der Waals surface area contributed by atoms with Crippen LogP contribution in [0.1, 0.15) is 0 Å². The Morgan fingerprint density at radius 1 is 0.900 bits per heavy atom. The zero-order chi connectivity index (χ0) is 14.5. The molecule has 0 fully saturated rings. The number of hydrogen-bond donors (Lipinski definition) is 2. The van der Waals surface area contributed by atoms with Crippen molar-refractivity contribution in [3.05, 3.63) is 53.0 Å². The van der Waals surface area contributed by atoms with E-state index in [-0.39, 0.29) is 6.03 Å². The maximum atomic E-state index is 11.8. The van der Waals surface area contributed by atoms with Crippen LogP contribution in [0.25, 0.3) is 0 Å². The molecule has 2 N–H and O–H groups in total. The standard InChI is InChI=1S/C15H16BrN3O/c1-19(2)14-9-7-13(8-10-14)18-15(20)17-12-5-3-11(16)4-6-12/h3-10H,1-2H3,(H2,17,18,20). The Balaban J connectivity index is 1.95. The second-order valence-electron chi connectivity index (χ2n) is 4.53. The third-order valence-corrected chi connectivity index (χ3v) is 3.27. The molecule has 2 aromatic rings. The van der Waals surface area contributed by atoms with E-state index in [4.69, 9.17) is 0 Å². The highest BCUT2D eigenvalue weighted by Gasteiger charge is 2.03. The molecule has 2 aromatic carbocycles. The van der Waals surface area contributed by atoms with Crippen LogP contribution in [0, 0.1) is 0 Å². The van der Waals surface area contributed by atoms with Gasteiger partial charge in [-0.1, -0.05) is 15.9 Å². The molecule has 0 saturated carbocycles. The molecule has 4 nitrogen and oxygen atoms in total. The fraction of sp³-hybridized carbons (Fsp3) is 0.133. The summed E-state index contributed by atoms with van der Waals surface area (Å²) in [6, 6.07) is 14.8. The summed E-state index contributed by atoms with van der Waals surface area (Å²) in [5.41, 5.74) is 2.59. The van der Waals surface area contributed by atoms with Crippen molar-refractivity contribution in [1.82, 2.24) is 0 Å². The zero-order valence-corrected chi connectivity index (χ0v) is 12.9. The number of benzene rings is 2. The molecule has 0 aromatic heterocycles. The van der Waals surface area contributed by atoms with Crippen LogP contribution in [0.5, 0.6) is 0 Å². The molecular formula is C15H16BrN3O. The van der Waals surface area contributed by atoms with Gasteiger partial charge in [-0.25, -0.2) is 4.79 Å². The number of nitrogens with zero attached hydrogens (tertiary/aromatic N) is 1. The maximum absolute atomic E-state index is 11.8. The number of rotatable bonds is 3. The molecule has 0 bridgehead atoms. The summed E-state index contributed by atoms with van der Waals surface area (Å²) >= 11 is 3.35. The molecule has 0 radical (unpaired) electrons. The predicted octanol–water partition coefficient (Wildman–Crippen LogP) is 4.16. The highest BCUT2D eigenvalue weighted by Crippen LogP contribution is 2.17. The van der Waals surface area contributed by atoms with Crippen molar-refractivity contribution in [2.24, 2.45) is 0 Å². The Morgan fingerprint density at radius 3 is 1.80 bits per heavy atom. The van der Waals surface area contributed by atoms with Gasteiger partial charge in [0, 0.05) is 35.6 Å². The van der Waals surface area contributed by atoms with Gasteiger partial charge in [-0.3, -0.25) is 0 Å². The van der Waals surface area contributed by atoms with E-state index in [2.05, 4.69) is 26.6 Å². The molecule has 0 aliphatic carbocycles. The minimum absolute atomic E-state index is 0.259. The van der Waals surface area contributed by atoms with E-state index in [0.29, 0.717) is 0 Å². The van der Waals surface area contributed by atoms with Gasteiger partial charge in [-0.15, -0.1) is 0 Å². The second kappa shape index (κ2) is 6.43. The lowest BCUT2D eigenvalue weighted by Gasteiger charge is -2.13. The van der Waals surface area contributed by atoms with Crippen LogP contribution >= 0.6 is 15.9 Å². The van der Waals surface area contributed by atoms with Crippen LogP contribution < -0.4 is 15.5 Å². The summed E-state index contributed by atoms with van der Waals surface area (Å²) < 4.78 is 0.975. The minimum atomic E-state index is -0.259. The van der Waals surface area contributed by atoms with E-state index in [1.165, 1.54) is 0 Å². The Kier molecular flexibility index (Phi) is 4.63. The lowest BCUT2D eigenvalue weighted by atomic mass is 10.2. The topological polar surface area (TPSA) is 44.4 Å². The van der Waals surface area contributed by atoms with E-state index in [0.717, 1.165) is 21.5 Å². The number of urea groups is 1. The molecule has 0 aliphatic heterocycles. The van der Waals surface area contributed by atoms with E-state index in [1.807, 2.05) is 67.5 Å². The summed E-state index contributed by atoms with van der Waals surface area (Å²) in [6.45, 7) is 0. The lowest BCUT2D eigenvalue weighted by molar-refractivity contribution is 0.262. The van der Waals surface area contributed by atoms with Gasteiger partial charge < -0.3 is 15.5 Å². The van der Waals surface area contributed by atoms with Gasteiger partial charge in [0.05, 0.1) is 0 Å². The normalized spacial score (nSPS) is 9.95. The molecule has 2 amide bonds. The van der Waals surface area contributed by atoms with Crippen molar-refractivity contribution >= 4 is 39.0 Å². The van der Waals surface area contributed by atoms with Crippen molar-refractivity contribution in [3.63, 3.8) is 0 Å². The lowest BCUT2D eigenvalue weighted by Crippen LogP contribution is -2.19. The van der Waals surface area contributed by atoms with Crippen LogP contribution in [0.15, 0.2) is 53.0 Å². The number of carbonyl (C=O) groups is 1. The highest BCUT2D eigenvalue weighted by molar-refractivity contribution is 9.10. The number of carbonyl (C=O) groups excluding carboxylic acids is 1. The summed E-state index contributed by atoms with van der Waals surface area (Å²) in [5, 5.41) is 5.56. The summed E-state index contributed by atoms with van der Waals surface area (Å²) in [7, 11) is 3.95. The van der Waals surface area contributed by atoms with Crippen molar-refractivity contribution in [2.45, 2.75) is 0 Å². The Morgan fingerprint density at radius 2 is 1.35 bits per heavy atom. The first-order valence-electron chi connectivity index (χ1n) is 6.15. The Labute approximate surface area is 126 Å². The van der Waals surface area contributed by atoms with Gasteiger partial charge in [0.25, 0.3) is 0 Å². The smallest absolute Gasteiger partial charge is 0.323 e. The molecule has 5 heteroatoms. The third-order valence-electron chi connectivity index (χ3n) is 2.74. The number of anilines is 3. The van der Waals surface area contributed by atoms with E-state index < -0.39 is 0 Å². The molecule has 0 heterocycles. The Bertz CT molecular complexity index is 579. The first-order chi connectivity index (χ1) is 9.54. The van der Waals surface area contributed by atoms with Crippen LogP contribution in [-0.4, -0.2) is 20.1 Å². The maximum Gasteiger partial charge on any atom is 0.323 e. The first kappa shape index (κ1) is 14.4. The molecular weight excluding hydrogens is 318 g/mol. The second-order valence-corrected chi connectivity index (χ2v) is 5.44. The van der Waals surface area contributed by atoms with Crippen LogP contribution in [0.4, 0.5) is 21.9 Å². The molecule has 0 spiro atoms. The fourth-order valence-corrected chi connectivity index (χ4v) is 1.93. The predicted molar refractivity (Wildman–Crippen MR) is 87.6 cm³/mol. The van der Waals surface area contributed by atoms with E-state index >= 15 is 0 Å². The molecule has 0 unspecified atom stereocenters. The number of hydrogen-bond acceptors (Lipinski definition) is 2. The van der Waals surface area contributed by atoms with Gasteiger partial charge in [0.15, 0.2) is 0 Å². The van der Waals surface area contributed by atoms with Crippen molar-refractivity contribution < 1.29 is 4.79 Å². The van der Waals surface area contributed by atoms with Gasteiger partial charge in [-0.05, 0) is 48.5 Å². The van der Waals surface area contributed by atoms with E-state index in [1.54, 1.807) is 0 Å². The first-order valence-corrected chi connectivity index (χ1v) is 6.95. The third kappa shape index (κ3) is 3.99. The largest absolute Gasteiger partial charge is 0.378 e. The van der Waals surface area contributed by atoms with Crippen LogP contribution in [-0.2, 0) is 0 Å². The number of amides is 2. The van der Waals surface area contributed by atoms with E-state index in [9.17, 15) is 4.79 Å². The molecule has 20 heavy (non-hydrogen) atoms. The number of nitrogens with one attached hydrogen (secondary N) is 2. The van der Waals surface area contributed by atoms with Crippen molar-refractivity contribution in [3.8, 4) is 0 Å². The SMILES string of the molecule is CN(C)c1ccc(NC(=O)Nc2ccc(Br)cc2)cc1. The highest BCUT2D eigenvalue weighted by atomic mass is 79.9. The molecule has 104 valence electrons. The zero-order valence-electron chi connectivity index (χ0n) is 11.4. The Hall–Kier alpha value is -2.01. The molecule has 2 rings (SSSR count). The summed E-state index contributed by atoms with van der Waals surface area (Å²) in [4.78, 5) is 13.8. The van der Waals surface area contributed by atoms with Gasteiger partial charge in [0.2, 0.25) is 0 Å². The summed E-state index contributed by atoms with van der Waals surface area (Å²) in [5.74, 6) is 0. The number of halogens is 1.